The number of aryl methyl sites for hydroxylation is 1. The number of rotatable bonds is 5. The first kappa shape index (κ1) is 14.6. The first-order valence-corrected chi connectivity index (χ1v) is 8.01. The highest BCUT2D eigenvalue weighted by molar-refractivity contribution is 9.10. The van der Waals surface area contributed by atoms with Crippen LogP contribution in [-0.2, 0) is 0 Å². The second-order valence-electron chi connectivity index (χ2n) is 4.54. The van der Waals surface area contributed by atoms with Crippen molar-refractivity contribution in [3.8, 4) is 5.75 Å². The third-order valence-corrected chi connectivity index (χ3v) is 4.83. The van der Waals surface area contributed by atoms with Gasteiger partial charge in [-0.05, 0) is 47.0 Å². The van der Waals surface area contributed by atoms with Crippen molar-refractivity contribution in [2.75, 3.05) is 0 Å². The maximum Gasteiger partial charge on any atom is 0.148 e. The van der Waals surface area contributed by atoms with Gasteiger partial charge >= 0.3 is 0 Å². The van der Waals surface area contributed by atoms with E-state index in [0.717, 1.165) is 27.1 Å². The topological polar surface area (TPSA) is 35.2 Å². The van der Waals surface area contributed by atoms with Gasteiger partial charge in [0.1, 0.15) is 11.9 Å². The van der Waals surface area contributed by atoms with Crippen LogP contribution in [0.3, 0.4) is 0 Å². The summed E-state index contributed by atoms with van der Waals surface area (Å²) in [6.45, 7) is 4.13. The zero-order valence-corrected chi connectivity index (χ0v) is 13.5. The van der Waals surface area contributed by atoms with Crippen molar-refractivity contribution in [2.24, 2.45) is 5.73 Å². The Balaban J connectivity index is 2.27. The molecule has 19 heavy (non-hydrogen) atoms. The molecule has 0 aliphatic carbocycles. The van der Waals surface area contributed by atoms with E-state index in [4.69, 9.17) is 10.5 Å². The van der Waals surface area contributed by atoms with Gasteiger partial charge in [-0.2, -0.15) is 0 Å². The fourth-order valence-corrected chi connectivity index (χ4v) is 3.42. The van der Waals surface area contributed by atoms with Crippen LogP contribution in [0.25, 0.3) is 0 Å². The van der Waals surface area contributed by atoms with Gasteiger partial charge in [-0.1, -0.05) is 25.1 Å². The molecule has 0 saturated carbocycles. The fraction of sp³-hybridized carbons (Fsp3) is 0.333. The van der Waals surface area contributed by atoms with Crippen molar-refractivity contribution in [3.63, 3.8) is 0 Å². The molecule has 0 bridgehead atoms. The highest BCUT2D eigenvalue weighted by Crippen LogP contribution is 2.32. The summed E-state index contributed by atoms with van der Waals surface area (Å²) in [7, 11) is 0. The molecule has 2 atom stereocenters. The molecular weight excluding hydrogens is 322 g/mol. The normalized spacial score (nSPS) is 14.1. The standard InChI is InChI=1S/C15H18BrNOS/c1-3-12(17)15(14-8-11(16)9-19-14)18-13-7-5-4-6-10(13)2/h4-9,12,15H,3,17H2,1-2H3. The predicted octanol–water partition coefficient (Wildman–Crippen LogP) is 4.68. The van der Waals surface area contributed by atoms with E-state index >= 15 is 0 Å². The molecule has 0 saturated heterocycles. The van der Waals surface area contributed by atoms with Crippen molar-refractivity contribution >= 4 is 27.3 Å². The second-order valence-corrected chi connectivity index (χ2v) is 6.40. The minimum atomic E-state index is -0.0950. The van der Waals surface area contributed by atoms with E-state index in [2.05, 4.69) is 34.3 Å². The van der Waals surface area contributed by atoms with Crippen LogP contribution in [0.2, 0.25) is 0 Å². The minimum Gasteiger partial charge on any atom is -0.483 e. The Kier molecular flexibility index (Phi) is 5.02. The summed E-state index contributed by atoms with van der Waals surface area (Å²) in [6.07, 6.45) is 0.786. The van der Waals surface area contributed by atoms with Gasteiger partial charge in [-0.3, -0.25) is 0 Å². The van der Waals surface area contributed by atoms with Crippen LogP contribution in [0.1, 0.15) is 29.9 Å². The Morgan fingerprint density at radius 1 is 1.37 bits per heavy atom. The smallest absolute Gasteiger partial charge is 0.148 e. The lowest BCUT2D eigenvalue weighted by Gasteiger charge is -2.24. The monoisotopic (exact) mass is 339 g/mol. The van der Waals surface area contributed by atoms with E-state index in [1.807, 2.05) is 31.2 Å². The summed E-state index contributed by atoms with van der Waals surface area (Å²) >= 11 is 5.16. The van der Waals surface area contributed by atoms with Gasteiger partial charge in [-0.25, -0.2) is 0 Å². The number of nitrogens with two attached hydrogens (primary N) is 1. The van der Waals surface area contributed by atoms with Crippen LogP contribution in [0.5, 0.6) is 5.75 Å². The molecule has 2 unspecified atom stereocenters. The van der Waals surface area contributed by atoms with Crippen LogP contribution >= 0.6 is 27.3 Å². The molecule has 0 spiro atoms. The Bertz CT molecular complexity index is 540. The third kappa shape index (κ3) is 3.59. The van der Waals surface area contributed by atoms with E-state index in [1.54, 1.807) is 11.3 Å². The maximum absolute atomic E-state index is 6.22. The summed E-state index contributed by atoms with van der Waals surface area (Å²) in [4.78, 5) is 1.16. The molecule has 4 heteroatoms. The maximum atomic E-state index is 6.22. The fourth-order valence-electron chi connectivity index (χ4n) is 1.87. The lowest BCUT2D eigenvalue weighted by atomic mass is 10.1. The van der Waals surface area contributed by atoms with Gasteiger partial charge in [0.15, 0.2) is 0 Å². The molecule has 2 aromatic rings. The van der Waals surface area contributed by atoms with Gasteiger partial charge in [0, 0.05) is 20.8 Å². The van der Waals surface area contributed by atoms with E-state index < -0.39 is 0 Å². The number of halogens is 1. The number of para-hydroxylation sites is 1. The first-order valence-electron chi connectivity index (χ1n) is 6.33. The lowest BCUT2D eigenvalue weighted by Crippen LogP contribution is -2.31. The number of hydrogen-bond acceptors (Lipinski definition) is 3. The summed E-state index contributed by atoms with van der Waals surface area (Å²) in [5, 5.41) is 2.06. The van der Waals surface area contributed by atoms with Crippen LogP contribution in [0.15, 0.2) is 40.2 Å². The number of benzene rings is 1. The number of ether oxygens (including phenoxy) is 1. The molecule has 102 valence electrons. The average Bonchev–Trinajstić information content (AvgIpc) is 2.83. The Hall–Kier alpha value is -0.840. The van der Waals surface area contributed by atoms with Crippen molar-refractivity contribution in [3.05, 3.63) is 50.6 Å². The van der Waals surface area contributed by atoms with Crippen molar-refractivity contribution in [1.29, 1.82) is 0 Å². The molecule has 2 rings (SSSR count). The first-order chi connectivity index (χ1) is 9.11. The molecule has 2 N–H and O–H groups in total. The molecule has 2 nitrogen and oxygen atoms in total. The Morgan fingerprint density at radius 2 is 2.11 bits per heavy atom. The van der Waals surface area contributed by atoms with Gasteiger partial charge in [-0.15, -0.1) is 11.3 Å². The van der Waals surface area contributed by atoms with Gasteiger partial charge in [0.25, 0.3) is 0 Å². The molecule has 0 fully saturated rings. The summed E-state index contributed by atoms with van der Waals surface area (Å²) < 4.78 is 7.24. The lowest BCUT2D eigenvalue weighted by molar-refractivity contribution is 0.173. The van der Waals surface area contributed by atoms with E-state index in [-0.39, 0.29) is 12.1 Å². The number of hydrogen-bond donors (Lipinski definition) is 1. The van der Waals surface area contributed by atoms with Crippen molar-refractivity contribution in [2.45, 2.75) is 32.4 Å². The van der Waals surface area contributed by atoms with Crippen molar-refractivity contribution < 1.29 is 4.74 Å². The molecule has 1 heterocycles. The van der Waals surface area contributed by atoms with E-state index in [0.29, 0.717) is 0 Å². The second kappa shape index (κ2) is 6.55. The molecule has 0 aliphatic heterocycles. The molecule has 1 aromatic carbocycles. The van der Waals surface area contributed by atoms with Gasteiger partial charge in [0.05, 0.1) is 0 Å². The van der Waals surface area contributed by atoms with Crippen LogP contribution < -0.4 is 10.5 Å². The van der Waals surface area contributed by atoms with Gasteiger partial charge in [0.2, 0.25) is 0 Å². The summed E-state index contributed by atoms with van der Waals surface area (Å²) in [5.41, 5.74) is 7.35. The van der Waals surface area contributed by atoms with Crippen molar-refractivity contribution in [1.82, 2.24) is 0 Å². The molecule has 0 aliphatic rings. The molecule has 1 aromatic heterocycles. The summed E-state index contributed by atoms with van der Waals surface area (Å²) in [6, 6.07) is 10.1. The average molecular weight is 340 g/mol. The zero-order chi connectivity index (χ0) is 13.8. The summed E-state index contributed by atoms with van der Waals surface area (Å²) in [5.74, 6) is 0.904. The Labute approximate surface area is 126 Å². The highest BCUT2D eigenvalue weighted by Gasteiger charge is 2.22. The predicted molar refractivity (Wildman–Crippen MR) is 84.8 cm³/mol. The quantitative estimate of drug-likeness (QED) is 0.858. The minimum absolute atomic E-state index is 0.00911. The zero-order valence-electron chi connectivity index (χ0n) is 11.1. The van der Waals surface area contributed by atoms with Crippen LogP contribution in [0.4, 0.5) is 0 Å². The third-order valence-electron chi connectivity index (χ3n) is 3.08. The van der Waals surface area contributed by atoms with E-state index in [1.165, 1.54) is 0 Å². The number of thiophene rings is 1. The SMILES string of the molecule is CCC(N)C(Oc1ccccc1C)c1cc(Br)cs1. The molecule has 0 radical (unpaired) electrons. The van der Waals surface area contributed by atoms with Crippen LogP contribution in [0, 0.1) is 6.92 Å². The van der Waals surface area contributed by atoms with Crippen LogP contribution in [-0.4, -0.2) is 6.04 Å². The van der Waals surface area contributed by atoms with Gasteiger partial charge < -0.3 is 10.5 Å². The van der Waals surface area contributed by atoms with E-state index in [9.17, 15) is 0 Å². The molecule has 0 amide bonds. The molecular formula is C15H18BrNOS. The highest BCUT2D eigenvalue weighted by atomic mass is 79.9. The largest absolute Gasteiger partial charge is 0.483 e. The Morgan fingerprint density at radius 3 is 2.68 bits per heavy atom.